The van der Waals surface area contributed by atoms with Crippen LogP contribution in [0.3, 0.4) is 0 Å². The molecule has 0 saturated heterocycles. The number of hydrogen-bond acceptors (Lipinski definition) is 0. The number of benzene rings is 15. The summed E-state index contributed by atoms with van der Waals surface area (Å²) in [7, 11) is 0. The van der Waals surface area contributed by atoms with Crippen LogP contribution in [0.1, 0.15) is 22.3 Å². The van der Waals surface area contributed by atoms with E-state index in [-0.39, 0.29) is 0 Å². The van der Waals surface area contributed by atoms with Gasteiger partial charge in [0.15, 0.2) is 0 Å². The van der Waals surface area contributed by atoms with Crippen LogP contribution in [0, 0.1) is 0 Å². The zero-order valence-corrected chi connectivity index (χ0v) is 51.0. The molecule has 0 aliphatic heterocycles. The van der Waals surface area contributed by atoms with Crippen molar-refractivity contribution < 1.29 is 0 Å². The van der Waals surface area contributed by atoms with Gasteiger partial charge in [0.05, 0.1) is 33.2 Å². The molecule has 0 saturated carbocycles. The Kier molecular flexibility index (Phi) is 12.8. The highest BCUT2D eigenvalue weighted by Gasteiger charge is 2.47. The molecule has 18 rings (SSSR count). The molecule has 0 N–H and O–H groups in total. The minimum atomic E-state index is -0.602. The lowest BCUT2D eigenvalue weighted by atomic mass is 9.65. The maximum Gasteiger partial charge on any atom is 0.0719 e. The molecule has 2 aromatic heterocycles. The highest BCUT2D eigenvalue weighted by molar-refractivity contribution is 6.13. The predicted octanol–water partition coefficient (Wildman–Crippen LogP) is 23.9. The van der Waals surface area contributed by atoms with Crippen molar-refractivity contribution >= 4 is 43.6 Å². The quantitative estimate of drug-likeness (QED) is 0.122. The highest BCUT2D eigenvalue weighted by Crippen LogP contribution is 2.58. The van der Waals surface area contributed by atoms with Crippen LogP contribution in [0.4, 0.5) is 0 Å². The number of aromatic nitrogens is 2. The molecule has 0 spiro atoms. The largest absolute Gasteiger partial charge is 0.309 e. The summed E-state index contributed by atoms with van der Waals surface area (Å²) in [5.41, 5.74) is 30.8. The molecule has 93 heavy (non-hydrogen) atoms. The van der Waals surface area contributed by atoms with Crippen molar-refractivity contribution in [3.05, 3.63) is 386 Å². The van der Waals surface area contributed by atoms with E-state index in [0.717, 1.165) is 11.4 Å². The maximum absolute atomic E-state index is 2.46. The van der Waals surface area contributed by atoms with E-state index < -0.39 is 5.41 Å². The predicted molar refractivity (Wildman–Crippen MR) is 390 cm³/mol. The van der Waals surface area contributed by atoms with Gasteiger partial charge in [0.25, 0.3) is 0 Å². The first-order chi connectivity index (χ1) is 46.1. The molecule has 434 valence electrons. The summed E-state index contributed by atoms with van der Waals surface area (Å²) in [5, 5.41) is 4.93. The van der Waals surface area contributed by atoms with Gasteiger partial charge in [-0.2, -0.15) is 0 Å². The van der Waals surface area contributed by atoms with Gasteiger partial charge in [0.2, 0.25) is 0 Å². The van der Waals surface area contributed by atoms with Gasteiger partial charge in [0.1, 0.15) is 0 Å². The van der Waals surface area contributed by atoms with Crippen LogP contribution in [0.25, 0.3) is 144 Å². The Bertz CT molecular complexity index is 5680. The molecule has 0 unspecified atom stereocenters. The molecular weight excluding hydrogens is 1120 g/mol. The second-order valence-corrected chi connectivity index (χ2v) is 24.6. The summed E-state index contributed by atoms with van der Waals surface area (Å²) >= 11 is 0. The van der Waals surface area contributed by atoms with Crippen LogP contribution in [0.5, 0.6) is 0 Å². The van der Waals surface area contributed by atoms with E-state index in [1.54, 1.807) is 0 Å². The summed E-state index contributed by atoms with van der Waals surface area (Å²) in [6.45, 7) is 0. The first kappa shape index (κ1) is 53.9. The lowest BCUT2D eigenvalue weighted by Gasteiger charge is -2.36. The second-order valence-electron chi connectivity index (χ2n) is 24.6. The summed E-state index contributed by atoms with van der Waals surface area (Å²) in [6, 6.07) is 135. The lowest BCUT2D eigenvalue weighted by molar-refractivity contribution is 0.771. The van der Waals surface area contributed by atoms with Crippen LogP contribution in [0.15, 0.2) is 364 Å². The number of rotatable bonds is 11. The van der Waals surface area contributed by atoms with Crippen LogP contribution >= 0.6 is 0 Å². The molecular formula is C91H60N2. The zero-order valence-electron chi connectivity index (χ0n) is 51.0. The molecule has 2 nitrogen and oxygen atoms in total. The van der Waals surface area contributed by atoms with Crippen molar-refractivity contribution in [3.63, 3.8) is 0 Å². The average Bonchev–Trinajstić information content (AvgIpc) is 1.58. The fourth-order valence-corrected chi connectivity index (χ4v) is 15.5. The van der Waals surface area contributed by atoms with E-state index in [0.29, 0.717) is 0 Å². The summed E-state index contributed by atoms with van der Waals surface area (Å²) in [4.78, 5) is 0. The van der Waals surface area contributed by atoms with E-state index in [2.05, 4.69) is 373 Å². The standard InChI is InChI=1S/C91H60N2/c1-3-23-61(24-4-1)68-28-22-30-72(58-68)92-87-43-19-13-37-79(87)81-59-69(53-55-89(81)92)70-54-56-90-82(60-70)80-38-14-20-44-88(80)93(90)86-42-18-12-32-74(86)66-51-49-63(50-52-66)62-45-47-64(48-46-62)67-27-21-29-71(57-67)91(84-40-16-10-35-77(84)78-36-11-17-41-85(78)91)83-39-15-9-34-76(83)75-33-8-7-31-73(75)65-25-5-2-6-26-65/h1-60H. The Morgan fingerprint density at radius 1 is 0.183 bits per heavy atom. The highest BCUT2D eigenvalue weighted by atomic mass is 15.0. The smallest absolute Gasteiger partial charge is 0.0719 e. The molecule has 1 aliphatic carbocycles. The fourth-order valence-electron chi connectivity index (χ4n) is 15.5. The Labute approximate surface area is 541 Å². The van der Waals surface area contributed by atoms with Gasteiger partial charge in [0, 0.05) is 32.8 Å². The number of fused-ring (bicyclic) bond motifs is 9. The lowest BCUT2D eigenvalue weighted by Crippen LogP contribution is -2.29. The normalized spacial score (nSPS) is 12.4. The third-order valence-electron chi connectivity index (χ3n) is 19.7. The number of para-hydroxylation sites is 3. The van der Waals surface area contributed by atoms with E-state index in [9.17, 15) is 0 Å². The minimum Gasteiger partial charge on any atom is -0.309 e. The monoisotopic (exact) mass is 1180 g/mol. The molecule has 0 amide bonds. The molecule has 0 bridgehead atoms. The molecule has 0 radical (unpaired) electrons. The minimum absolute atomic E-state index is 0.602. The Hall–Kier alpha value is -12.1. The van der Waals surface area contributed by atoms with Crippen LogP contribution < -0.4 is 0 Å². The Morgan fingerprint density at radius 2 is 0.538 bits per heavy atom. The van der Waals surface area contributed by atoms with Gasteiger partial charge in [-0.05, 0) is 166 Å². The van der Waals surface area contributed by atoms with E-state index in [1.807, 2.05) is 0 Å². The van der Waals surface area contributed by atoms with Crippen LogP contribution in [-0.2, 0) is 5.41 Å². The summed E-state index contributed by atoms with van der Waals surface area (Å²) in [6.07, 6.45) is 0. The molecule has 17 aromatic rings. The van der Waals surface area contributed by atoms with Crippen LogP contribution in [0.2, 0.25) is 0 Å². The fraction of sp³-hybridized carbons (Fsp3) is 0.0110. The molecule has 2 heteroatoms. The van der Waals surface area contributed by atoms with E-state index in [4.69, 9.17) is 0 Å². The molecule has 2 heterocycles. The Morgan fingerprint density at radius 3 is 1.13 bits per heavy atom. The van der Waals surface area contributed by atoms with Crippen LogP contribution in [-0.4, -0.2) is 9.13 Å². The van der Waals surface area contributed by atoms with Crippen molar-refractivity contribution in [3.8, 4) is 100 Å². The van der Waals surface area contributed by atoms with Crippen molar-refractivity contribution in [2.24, 2.45) is 0 Å². The van der Waals surface area contributed by atoms with Crippen molar-refractivity contribution in [2.75, 3.05) is 0 Å². The topological polar surface area (TPSA) is 9.86 Å². The van der Waals surface area contributed by atoms with Crippen molar-refractivity contribution in [1.82, 2.24) is 9.13 Å². The average molecular weight is 1180 g/mol. The van der Waals surface area contributed by atoms with Gasteiger partial charge in [-0.3, -0.25) is 0 Å². The zero-order chi connectivity index (χ0) is 61.4. The van der Waals surface area contributed by atoms with Crippen molar-refractivity contribution in [1.29, 1.82) is 0 Å². The summed E-state index contributed by atoms with van der Waals surface area (Å²) in [5.74, 6) is 0. The van der Waals surface area contributed by atoms with Gasteiger partial charge in [-0.1, -0.05) is 303 Å². The first-order valence-electron chi connectivity index (χ1n) is 32.2. The molecule has 0 atom stereocenters. The van der Waals surface area contributed by atoms with Crippen molar-refractivity contribution in [2.45, 2.75) is 5.41 Å². The number of hydrogen-bond donors (Lipinski definition) is 0. The molecule has 0 fully saturated rings. The first-order valence-corrected chi connectivity index (χ1v) is 32.2. The molecule has 15 aromatic carbocycles. The third kappa shape index (κ3) is 8.79. The maximum atomic E-state index is 2.46. The molecule has 1 aliphatic rings. The number of nitrogens with zero attached hydrogens (tertiary/aromatic N) is 2. The van der Waals surface area contributed by atoms with Gasteiger partial charge in [-0.25, -0.2) is 0 Å². The van der Waals surface area contributed by atoms with Gasteiger partial charge >= 0.3 is 0 Å². The summed E-state index contributed by atoms with van der Waals surface area (Å²) < 4.78 is 4.87. The van der Waals surface area contributed by atoms with E-state index >= 15 is 0 Å². The van der Waals surface area contributed by atoms with E-state index in [1.165, 1.54) is 155 Å². The Balaban J connectivity index is 0.673. The van der Waals surface area contributed by atoms with Gasteiger partial charge < -0.3 is 9.13 Å². The second kappa shape index (κ2) is 22.1. The van der Waals surface area contributed by atoms with Gasteiger partial charge in [-0.15, -0.1) is 0 Å². The third-order valence-corrected chi connectivity index (χ3v) is 19.7. The SMILES string of the molecule is c1ccc(-c2cccc(-n3c4ccccc4c4cc(-c5ccc6c(c5)c5ccccc5n6-c5ccccc5-c5ccc(-c6ccc(-c7cccc(C8(c9ccccc9-c9ccccc9-c9ccccc9)c9ccccc9-c9ccccc98)c7)cc6)cc5)ccc43)c2)cc1.